The molecule has 0 bridgehead atoms. The predicted octanol–water partition coefficient (Wildman–Crippen LogP) is 1.34. The molecule has 1 aromatic carbocycles. The van der Waals surface area contributed by atoms with E-state index in [4.69, 9.17) is 5.11 Å². The highest BCUT2D eigenvalue weighted by Gasteiger charge is 2.31. The Morgan fingerprint density at radius 3 is 2.93 bits per heavy atom. The number of amides is 1. The molecule has 0 spiro atoms. The number of nitrogens with one attached hydrogen (secondary N) is 1. The smallest absolute Gasteiger partial charge is 0.311 e. The van der Waals surface area contributed by atoms with Gasteiger partial charge in [-0.25, -0.2) is 4.39 Å². The quantitative estimate of drug-likeness (QED) is 0.733. The van der Waals surface area contributed by atoms with Crippen LogP contribution in [0.1, 0.15) is 17.9 Å². The number of halogens is 1. The van der Waals surface area contributed by atoms with E-state index >= 15 is 0 Å². The summed E-state index contributed by atoms with van der Waals surface area (Å²) >= 11 is 0. The minimum atomic E-state index is -1.11. The van der Waals surface area contributed by atoms with Gasteiger partial charge in [0.25, 0.3) is 0 Å². The fraction of sp³-hybridized carbons (Fsp3) is 0.200. The lowest BCUT2D eigenvalue weighted by Gasteiger charge is -2.22. The Bertz CT molecular complexity index is 444. The van der Waals surface area contributed by atoms with Gasteiger partial charge in [-0.15, -0.1) is 0 Å². The van der Waals surface area contributed by atoms with Crippen LogP contribution in [0, 0.1) is 5.82 Å². The van der Waals surface area contributed by atoms with E-state index in [1.54, 1.807) is 0 Å². The third-order valence-electron chi connectivity index (χ3n) is 2.37. The summed E-state index contributed by atoms with van der Waals surface area (Å²) in [5.74, 6) is -3.15. The minimum Gasteiger partial charge on any atom is -0.481 e. The predicted molar refractivity (Wildman–Crippen MR) is 50.0 cm³/mol. The number of anilines is 1. The van der Waals surface area contributed by atoms with Crippen LogP contribution in [0.5, 0.6) is 0 Å². The number of carbonyl (C=O) groups is 2. The number of para-hydroxylation sites is 1. The standard InChI is InChI=1S/C10H8FNO3/c11-7-3-1-2-5-6(10(14)15)4-8(13)12-9(5)7/h1-3,6H,4H2,(H,12,13)(H,14,15)/t6-/m0/s1. The lowest BCUT2D eigenvalue weighted by atomic mass is 9.90. The number of aliphatic carboxylic acids is 1. The first-order valence-electron chi connectivity index (χ1n) is 4.40. The Morgan fingerprint density at radius 2 is 2.27 bits per heavy atom. The zero-order valence-corrected chi connectivity index (χ0v) is 7.66. The van der Waals surface area contributed by atoms with Crippen LogP contribution in [0.15, 0.2) is 18.2 Å². The van der Waals surface area contributed by atoms with Crippen LogP contribution in [0.4, 0.5) is 10.1 Å². The molecule has 0 unspecified atom stereocenters. The van der Waals surface area contributed by atoms with Crippen molar-refractivity contribution in [1.29, 1.82) is 0 Å². The van der Waals surface area contributed by atoms with Gasteiger partial charge in [-0.1, -0.05) is 12.1 Å². The molecule has 0 aromatic heterocycles. The van der Waals surface area contributed by atoms with Gasteiger partial charge in [0.15, 0.2) is 0 Å². The van der Waals surface area contributed by atoms with E-state index in [9.17, 15) is 14.0 Å². The first kappa shape index (κ1) is 9.64. The summed E-state index contributed by atoms with van der Waals surface area (Å²) < 4.78 is 13.3. The van der Waals surface area contributed by atoms with Crippen LogP contribution < -0.4 is 5.32 Å². The maximum Gasteiger partial charge on any atom is 0.311 e. The van der Waals surface area contributed by atoms with Gasteiger partial charge < -0.3 is 10.4 Å². The second-order valence-electron chi connectivity index (χ2n) is 3.35. The maximum absolute atomic E-state index is 13.3. The topological polar surface area (TPSA) is 66.4 Å². The lowest BCUT2D eigenvalue weighted by molar-refractivity contribution is -0.140. The highest BCUT2D eigenvalue weighted by Crippen LogP contribution is 2.33. The molecule has 1 aliphatic rings. The van der Waals surface area contributed by atoms with Crippen LogP contribution in [0.25, 0.3) is 0 Å². The van der Waals surface area contributed by atoms with Gasteiger partial charge in [-0.3, -0.25) is 9.59 Å². The molecule has 1 heterocycles. The molecule has 1 aliphatic heterocycles. The number of carboxylic acids is 1. The monoisotopic (exact) mass is 209 g/mol. The number of carbonyl (C=O) groups excluding carboxylic acids is 1. The fourth-order valence-corrected chi connectivity index (χ4v) is 1.67. The Hall–Kier alpha value is -1.91. The van der Waals surface area contributed by atoms with Gasteiger partial charge >= 0.3 is 5.97 Å². The first-order valence-corrected chi connectivity index (χ1v) is 4.40. The van der Waals surface area contributed by atoms with Crippen molar-refractivity contribution in [3.63, 3.8) is 0 Å². The SMILES string of the molecule is O=C1C[C@H](C(=O)O)c2cccc(F)c2N1. The number of rotatable bonds is 1. The van der Waals surface area contributed by atoms with Crippen molar-refractivity contribution in [3.05, 3.63) is 29.6 Å². The van der Waals surface area contributed by atoms with E-state index in [1.165, 1.54) is 18.2 Å². The molecular weight excluding hydrogens is 201 g/mol. The highest BCUT2D eigenvalue weighted by atomic mass is 19.1. The molecule has 4 nitrogen and oxygen atoms in total. The average molecular weight is 209 g/mol. The molecule has 15 heavy (non-hydrogen) atoms. The molecule has 0 fully saturated rings. The molecule has 1 amide bonds. The molecule has 2 rings (SSSR count). The van der Waals surface area contributed by atoms with Crippen molar-refractivity contribution < 1.29 is 19.1 Å². The van der Waals surface area contributed by atoms with Gasteiger partial charge in [0.2, 0.25) is 5.91 Å². The molecule has 78 valence electrons. The van der Waals surface area contributed by atoms with Gasteiger partial charge in [0.05, 0.1) is 11.6 Å². The zero-order chi connectivity index (χ0) is 11.0. The van der Waals surface area contributed by atoms with Crippen LogP contribution in [0.2, 0.25) is 0 Å². The van der Waals surface area contributed by atoms with E-state index in [0.29, 0.717) is 5.56 Å². The Labute approximate surface area is 84.7 Å². The summed E-state index contributed by atoms with van der Waals surface area (Å²) in [5.41, 5.74) is 0.309. The van der Waals surface area contributed by atoms with Crippen molar-refractivity contribution >= 4 is 17.6 Å². The van der Waals surface area contributed by atoms with E-state index in [-0.39, 0.29) is 12.1 Å². The number of benzene rings is 1. The van der Waals surface area contributed by atoms with Crippen molar-refractivity contribution in [2.45, 2.75) is 12.3 Å². The van der Waals surface area contributed by atoms with Crippen LogP contribution >= 0.6 is 0 Å². The van der Waals surface area contributed by atoms with E-state index in [2.05, 4.69) is 5.32 Å². The number of fused-ring (bicyclic) bond motifs is 1. The van der Waals surface area contributed by atoms with Crippen molar-refractivity contribution in [3.8, 4) is 0 Å². The van der Waals surface area contributed by atoms with Crippen molar-refractivity contribution in [2.24, 2.45) is 0 Å². The second kappa shape index (κ2) is 3.34. The zero-order valence-electron chi connectivity index (χ0n) is 7.66. The van der Waals surface area contributed by atoms with Crippen molar-refractivity contribution in [1.82, 2.24) is 0 Å². The summed E-state index contributed by atoms with van der Waals surface area (Å²) in [6, 6.07) is 4.13. The summed E-state index contributed by atoms with van der Waals surface area (Å²) in [5, 5.41) is 11.2. The maximum atomic E-state index is 13.3. The Morgan fingerprint density at radius 1 is 1.53 bits per heavy atom. The van der Waals surface area contributed by atoms with E-state index in [1.807, 2.05) is 0 Å². The summed E-state index contributed by atoms with van der Waals surface area (Å²) in [6.45, 7) is 0. The third-order valence-corrected chi connectivity index (χ3v) is 2.37. The van der Waals surface area contributed by atoms with Crippen LogP contribution in [-0.4, -0.2) is 17.0 Å². The number of hydrogen-bond acceptors (Lipinski definition) is 2. The molecule has 0 radical (unpaired) electrons. The van der Waals surface area contributed by atoms with Crippen LogP contribution in [-0.2, 0) is 9.59 Å². The molecule has 1 atom stereocenters. The number of hydrogen-bond donors (Lipinski definition) is 2. The Balaban J connectivity index is 2.55. The lowest BCUT2D eigenvalue weighted by Crippen LogP contribution is -2.27. The summed E-state index contributed by atoms with van der Waals surface area (Å²) in [7, 11) is 0. The van der Waals surface area contributed by atoms with Gasteiger partial charge in [-0.2, -0.15) is 0 Å². The minimum absolute atomic E-state index is 0.0128. The van der Waals surface area contributed by atoms with Crippen LogP contribution in [0.3, 0.4) is 0 Å². The molecule has 5 heteroatoms. The molecular formula is C10H8FNO3. The van der Waals surface area contributed by atoms with E-state index < -0.39 is 23.6 Å². The average Bonchev–Trinajstić information content (AvgIpc) is 2.18. The summed E-state index contributed by atoms with van der Waals surface area (Å²) in [6.07, 6.45) is -0.147. The fourth-order valence-electron chi connectivity index (χ4n) is 1.67. The largest absolute Gasteiger partial charge is 0.481 e. The molecule has 2 N–H and O–H groups in total. The molecule has 0 saturated heterocycles. The van der Waals surface area contributed by atoms with Gasteiger partial charge in [-0.05, 0) is 11.6 Å². The second-order valence-corrected chi connectivity index (χ2v) is 3.35. The van der Waals surface area contributed by atoms with E-state index in [0.717, 1.165) is 0 Å². The normalized spacial score (nSPS) is 19.3. The number of carboxylic acid groups (broad SMARTS) is 1. The van der Waals surface area contributed by atoms with Crippen molar-refractivity contribution in [2.75, 3.05) is 5.32 Å². The highest BCUT2D eigenvalue weighted by molar-refractivity contribution is 5.99. The third kappa shape index (κ3) is 1.56. The molecule has 0 aliphatic carbocycles. The molecule has 1 aromatic rings. The summed E-state index contributed by atoms with van der Waals surface area (Å²) in [4.78, 5) is 22.0. The first-order chi connectivity index (χ1) is 7.09. The molecule has 0 saturated carbocycles. The van der Waals surface area contributed by atoms with Gasteiger partial charge in [0.1, 0.15) is 5.82 Å². The Kier molecular flexibility index (Phi) is 2.15. The van der Waals surface area contributed by atoms with Gasteiger partial charge in [0, 0.05) is 6.42 Å².